The summed E-state index contributed by atoms with van der Waals surface area (Å²) >= 11 is 3.21. The molecule has 2 rings (SSSR count). The summed E-state index contributed by atoms with van der Waals surface area (Å²) in [5.41, 5.74) is 2.51. The van der Waals surface area contributed by atoms with Crippen LogP contribution in [0.5, 0.6) is 0 Å². The molecule has 0 aliphatic carbocycles. The smallest absolute Gasteiger partial charge is 0.142 e. The summed E-state index contributed by atoms with van der Waals surface area (Å²) in [5.74, 6) is -0.250. The second kappa shape index (κ2) is 5.59. The molecule has 0 saturated carbocycles. The van der Waals surface area contributed by atoms with Crippen molar-refractivity contribution >= 4 is 15.9 Å². The zero-order valence-electron chi connectivity index (χ0n) is 10.2. The van der Waals surface area contributed by atoms with E-state index in [0.29, 0.717) is 10.0 Å². The summed E-state index contributed by atoms with van der Waals surface area (Å²) in [6.07, 6.45) is 1.74. The molecule has 0 aliphatic rings. The van der Waals surface area contributed by atoms with Crippen molar-refractivity contribution in [3.8, 4) is 0 Å². The van der Waals surface area contributed by atoms with Gasteiger partial charge in [0.1, 0.15) is 5.82 Å². The number of nitrogens with zero attached hydrogens (tertiary/aromatic N) is 1. The fourth-order valence-corrected chi connectivity index (χ4v) is 2.31. The largest absolute Gasteiger partial charge is 0.308 e. The maximum Gasteiger partial charge on any atom is 0.142 e. The topological polar surface area (TPSA) is 24.9 Å². The fraction of sp³-hybridized carbons (Fsp3) is 0.214. The predicted octanol–water partition coefficient (Wildman–Crippen LogP) is 3.60. The first-order valence-corrected chi connectivity index (χ1v) is 6.46. The van der Waals surface area contributed by atoms with Gasteiger partial charge in [-0.25, -0.2) is 4.39 Å². The van der Waals surface area contributed by atoms with E-state index in [2.05, 4.69) is 26.2 Å². The minimum absolute atomic E-state index is 0.248. The summed E-state index contributed by atoms with van der Waals surface area (Å²) in [6.45, 7) is 2.00. The molecule has 2 aromatic rings. The molecule has 0 fully saturated rings. The van der Waals surface area contributed by atoms with Crippen LogP contribution in [0.1, 0.15) is 22.9 Å². The SMILES string of the molecule is CNC(c1cc(C)ccn1)c1cccc(Br)c1F. The van der Waals surface area contributed by atoms with E-state index in [-0.39, 0.29) is 11.9 Å². The van der Waals surface area contributed by atoms with Crippen molar-refractivity contribution in [2.24, 2.45) is 0 Å². The highest BCUT2D eigenvalue weighted by Gasteiger charge is 2.18. The Morgan fingerprint density at radius 2 is 2.11 bits per heavy atom. The molecule has 18 heavy (non-hydrogen) atoms. The first-order chi connectivity index (χ1) is 8.63. The lowest BCUT2D eigenvalue weighted by Gasteiger charge is -2.17. The van der Waals surface area contributed by atoms with Crippen molar-refractivity contribution in [2.75, 3.05) is 7.05 Å². The zero-order chi connectivity index (χ0) is 13.1. The zero-order valence-corrected chi connectivity index (χ0v) is 11.8. The standard InChI is InChI=1S/C14H14BrFN2/c1-9-6-7-18-12(8-9)14(17-2)10-4-3-5-11(15)13(10)16/h3-8,14,17H,1-2H3. The summed E-state index contributed by atoms with van der Waals surface area (Å²) in [6, 6.07) is 8.92. The molecule has 0 spiro atoms. The van der Waals surface area contributed by atoms with E-state index in [1.165, 1.54) is 0 Å². The van der Waals surface area contributed by atoms with E-state index in [4.69, 9.17) is 0 Å². The van der Waals surface area contributed by atoms with Gasteiger partial charge in [0.2, 0.25) is 0 Å². The van der Waals surface area contributed by atoms with Crippen molar-refractivity contribution in [3.05, 3.63) is 63.6 Å². The van der Waals surface area contributed by atoms with Gasteiger partial charge in [-0.15, -0.1) is 0 Å². The van der Waals surface area contributed by atoms with Gasteiger partial charge in [0.05, 0.1) is 16.2 Å². The number of pyridine rings is 1. The van der Waals surface area contributed by atoms with Crippen LogP contribution >= 0.6 is 15.9 Å². The van der Waals surface area contributed by atoms with Gasteiger partial charge in [-0.05, 0) is 53.7 Å². The maximum absolute atomic E-state index is 14.1. The number of hydrogen-bond acceptors (Lipinski definition) is 2. The van der Waals surface area contributed by atoms with Crippen molar-refractivity contribution < 1.29 is 4.39 Å². The van der Waals surface area contributed by atoms with E-state index >= 15 is 0 Å². The van der Waals surface area contributed by atoms with E-state index in [0.717, 1.165) is 11.3 Å². The Balaban J connectivity index is 2.49. The molecule has 0 aliphatic heterocycles. The second-order valence-electron chi connectivity index (χ2n) is 4.12. The predicted molar refractivity (Wildman–Crippen MR) is 74.0 cm³/mol. The van der Waals surface area contributed by atoms with Gasteiger partial charge >= 0.3 is 0 Å². The molecule has 1 aromatic carbocycles. The van der Waals surface area contributed by atoms with Gasteiger partial charge in [0.15, 0.2) is 0 Å². The number of aromatic nitrogens is 1. The van der Waals surface area contributed by atoms with E-state index in [9.17, 15) is 4.39 Å². The van der Waals surface area contributed by atoms with Crippen LogP contribution in [-0.4, -0.2) is 12.0 Å². The van der Waals surface area contributed by atoms with Crippen LogP contribution < -0.4 is 5.32 Å². The first-order valence-electron chi connectivity index (χ1n) is 5.67. The fourth-order valence-electron chi connectivity index (χ4n) is 1.92. The number of halogens is 2. The minimum Gasteiger partial charge on any atom is -0.308 e. The van der Waals surface area contributed by atoms with Crippen LogP contribution in [0.3, 0.4) is 0 Å². The molecule has 1 N–H and O–H groups in total. The highest BCUT2D eigenvalue weighted by molar-refractivity contribution is 9.10. The average molecular weight is 309 g/mol. The third kappa shape index (κ3) is 2.60. The lowest BCUT2D eigenvalue weighted by atomic mass is 10.0. The molecule has 4 heteroatoms. The lowest BCUT2D eigenvalue weighted by molar-refractivity contribution is 0.565. The van der Waals surface area contributed by atoms with Gasteiger partial charge in [0.25, 0.3) is 0 Å². The van der Waals surface area contributed by atoms with Crippen molar-refractivity contribution in [1.29, 1.82) is 0 Å². The van der Waals surface area contributed by atoms with E-state index < -0.39 is 0 Å². The number of rotatable bonds is 3. The Hall–Kier alpha value is -1.26. The van der Waals surface area contributed by atoms with Gasteiger partial charge in [-0.2, -0.15) is 0 Å². The summed E-state index contributed by atoms with van der Waals surface area (Å²) in [4.78, 5) is 4.31. The first kappa shape index (κ1) is 13.2. The van der Waals surface area contributed by atoms with Crippen molar-refractivity contribution in [3.63, 3.8) is 0 Å². The van der Waals surface area contributed by atoms with E-state index in [1.807, 2.05) is 25.1 Å². The van der Waals surface area contributed by atoms with Crippen molar-refractivity contribution in [2.45, 2.75) is 13.0 Å². The molecule has 1 unspecified atom stereocenters. The Kier molecular flexibility index (Phi) is 4.09. The third-order valence-electron chi connectivity index (χ3n) is 2.81. The number of nitrogens with one attached hydrogen (secondary N) is 1. The molecule has 0 bridgehead atoms. The highest BCUT2D eigenvalue weighted by Crippen LogP contribution is 2.27. The van der Waals surface area contributed by atoms with Gasteiger partial charge in [-0.3, -0.25) is 4.98 Å². The van der Waals surface area contributed by atoms with Gasteiger partial charge < -0.3 is 5.32 Å². The summed E-state index contributed by atoms with van der Waals surface area (Å²) in [7, 11) is 1.80. The Morgan fingerprint density at radius 1 is 1.33 bits per heavy atom. The Bertz CT molecular complexity index is 557. The molecule has 0 saturated heterocycles. The maximum atomic E-state index is 14.1. The summed E-state index contributed by atoms with van der Waals surface area (Å²) in [5, 5.41) is 3.11. The monoisotopic (exact) mass is 308 g/mol. The van der Waals surface area contributed by atoms with Gasteiger partial charge in [0, 0.05) is 11.8 Å². The van der Waals surface area contributed by atoms with Gasteiger partial charge in [-0.1, -0.05) is 12.1 Å². The Morgan fingerprint density at radius 3 is 2.78 bits per heavy atom. The number of benzene rings is 1. The molecular weight excluding hydrogens is 295 g/mol. The van der Waals surface area contributed by atoms with Crippen LogP contribution in [-0.2, 0) is 0 Å². The quantitative estimate of drug-likeness (QED) is 0.937. The van der Waals surface area contributed by atoms with Crippen LogP contribution in [0.4, 0.5) is 4.39 Å². The van der Waals surface area contributed by atoms with Crippen LogP contribution in [0.25, 0.3) is 0 Å². The number of hydrogen-bond donors (Lipinski definition) is 1. The molecule has 0 amide bonds. The number of aryl methyl sites for hydroxylation is 1. The van der Waals surface area contributed by atoms with E-state index in [1.54, 1.807) is 25.4 Å². The highest BCUT2D eigenvalue weighted by atomic mass is 79.9. The molecule has 1 aromatic heterocycles. The minimum atomic E-state index is -0.250. The molecule has 94 valence electrons. The normalized spacial score (nSPS) is 12.4. The lowest BCUT2D eigenvalue weighted by Crippen LogP contribution is -2.20. The van der Waals surface area contributed by atoms with Crippen molar-refractivity contribution in [1.82, 2.24) is 10.3 Å². The van der Waals surface area contributed by atoms with Crippen LogP contribution in [0.2, 0.25) is 0 Å². The molecular formula is C14H14BrFN2. The Labute approximate surface area is 114 Å². The molecule has 0 radical (unpaired) electrons. The summed E-state index contributed by atoms with van der Waals surface area (Å²) < 4.78 is 14.6. The molecule has 1 heterocycles. The molecule has 2 nitrogen and oxygen atoms in total. The van der Waals surface area contributed by atoms with Crippen LogP contribution in [0.15, 0.2) is 41.0 Å². The second-order valence-corrected chi connectivity index (χ2v) is 4.98. The van der Waals surface area contributed by atoms with Crippen LogP contribution in [0, 0.1) is 12.7 Å². The third-order valence-corrected chi connectivity index (χ3v) is 3.43. The molecule has 1 atom stereocenters. The average Bonchev–Trinajstić information content (AvgIpc) is 2.35.